The van der Waals surface area contributed by atoms with Crippen LogP contribution in [0.15, 0.2) is 42.6 Å². The summed E-state index contributed by atoms with van der Waals surface area (Å²) in [6.07, 6.45) is 1.60. The van der Waals surface area contributed by atoms with Crippen molar-refractivity contribution in [1.29, 1.82) is 0 Å². The smallest absolute Gasteiger partial charge is 0.262 e. The van der Waals surface area contributed by atoms with Gasteiger partial charge in [-0.15, -0.1) is 0 Å². The summed E-state index contributed by atoms with van der Waals surface area (Å²) in [5.74, 6) is 0.158. The monoisotopic (exact) mass is 276 g/mol. The van der Waals surface area contributed by atoms with E-state index in [1.165, 1.54) is 0 Å². The number of anilines is 1. The van der Waals surface area contributed by atoms with Crippen LogP contribution in [0.25, 0.3) is 0 Å². The topological polar surface area (TPSA) is 51.2 Å². The number of nitrogens with one attached hydrogen (secondary N) is 1. The Morgan fingerprint density at radius 2 is 2.21 bits per heavy atom. The average Bonchev–Trinajstić information content (AvgIpc) is 2.42. The highest BCUT2D eigenvalue weighted by molar-refractivity contribution is 6.31. The van der Waals surface area contributed by atoms with Crippen LogP contribution in [0.2, 0.25) is 5.02 Å². The summed E-state index contributed by atoms with van der Waals surface area (Å²) in [5, 5.41) is 3.32. The maximum atomic E-state index is 11.7. The molecule has 0 bridgehead atoms. The molecule has 0 saturated heterocycles. The third-order valence-corrected chi connectivity index (χ3v) is 2.85. The summed E-state index contributed by atoms with van der Waals surface area (Å²) in [4.78, 5) is 15.6. The minimum atomic E-state index is -0.259. The Morgan fingerprint density at radius 1 is 1.37 bits per heavy atom. The van der Waals surface area contributed by atoms with Gasteiger partial charge in [0.2, 0.25) is 5.88 Å². The first-order valence-electron chi connectivity index (χ1n) is 5.75. The van der Waals surface area contributed by atoms with Crippen molar-refractivity contribution in [3.8, 4) is 5.88 Å². The van der Waals surface area contributed by atoms with Gasteiger partial charge < -0.3 is 10.1 Å². The molecule has 2 rings (SSSR count). The first-order chi connectivity index (χ1) is 9.15. The van der Waals surface area contributed by atoms with E-state index in [-0.39, 0.29) is 12.5 Å². The second-order valence-corrected chi connectivity index (χ2v) is 4.38. The first-order valence-corrected chi connectivity index (χ1v) is 6.13. The molecule has 1 N–H and O–H groups in total. The van der Waals surface area contributed by atoms with Gasteiger partial charge in [-0.1, -0.05) is 23.7 Å². The fraction of sp³-hybridized carbons (Fsp3) is 0.143. The zero-order valence-corrected chi connectivity index (χ0v) is 11.1. The third kappa shape index (κ3) is 3.96. The molecule has 0 aliphatic rings. The summed E-state index contributed by atoms with van der Waals surface area (Å²) >= 11 is 5.98. The molecule has 2 aromatic rings. The Hall–Kier alpha value is -2.07. The van der Waals surface area contributed by atoms with Gasteiger partial charge in [-0.3, -0.25) is 4.79 Å². The maximum Gasteiger partial charge on any atom is 0.262 e. The number of rotatable bonds is 4. The number of aryl methyl sites for hydroxylation is 1. The van der Waals surface area contributed by atoms with E-state index in [9.17, 15) is 4.79 Å². The lowest BCUT2D eigenvalue weighted by atomic mass is 10.2. The second-order valence-electron chi connectivity index (χ2n) is 3.97. The quantitative estimate of drug-likeness (QED) is 0.934. The molecular formula is C14H13ClN2O2. The maximum absolute atomic E-state index is 11.7. The molecular weight excluding hydrogens is 264 g/mol. The highest BCUT2D eigenvalue weighted by Gasteiger charge is 2.05. The average molecular weight is 277 g/mol. The Labute approximate surface area is 116 Å². The number of halogens is 1. The van der Waals surface area contributed by atoms with Crippen molar-refractivity contribution >= 4 is 23.2 Å². The minimum Gasteiger partial charge on any atom is -0.468 e. The molecule has 0 radical (unpaired) electrons. The number of carbonyl (C=O) groups excluding carboxylic acids is 1. The molecule has 0 spiro atoms. The van der Waals surface area contributed by atoms with E-state index in [1.807, 2.05) is 13.0 Å². The SMILES string of the molecule is Cc1ccc(NC(=O)COc2ccccn2)cc1Cl. The Balaban J connectivity index is 1.89. The molecule has 0 saturated carbocycles. The van der Waals surface area contributed by atoms with Crippen molar-refractivity contribution in [2.24, 2.45) is 0 Å². The van der Waals surface area contributed by atoms with Crippen molar-refractivity contribution in [3.05, 3.63) is 53.2 Å². The highest BCUT2D eigenvalue weighted by atomic mass is 35.5. The van der Waals surface area contributed by atoms with Crippen LogP contribution in [0.4, 0.5) is 5.69 Å². The number of pyridine rings is 1. The first kappa shape index (κ1) is 13.4. The predicted molar refractivity (Wildman–Crippen MR) is 74.6 cm³/mol. The summed E-state index contributed by atoms with van der Waals surface area (Å²) in [7, 11) is 0. The van der Waals surface area contributed by atoms with E-state index in [1.54, 1.807) is 36.5 Å². The number of ether oxygens (including phenoxy) is 1. The summed E-state index contributed by atoms with van der Waals surface area (Å²) in [6.45, 7) is 1.81. The Kier molecular flexibility index (Phi) is 4.36. The fourth-order valence-electron chi connectivity index (χ4n) is 1.44. The fourth-order valence-corrected chi connectivity index (χ4v) is 1.62. The zero-order chi connectivity index (χ0) is 13.7. The lowest BCUT2D eigenvalue weighted by molar-refractivity contribution is -0.118. The molecule has 0 atom stereocenters. The van der Waals surface area contributed by atoms with Gasteiger partial charge in [-0.2, -0.15) is 0 Å². The molecule has 5 heteroatoms. The van der Waals surface area contributed by atoms with Crippen molar-refractivity contribution in [3.63, 3.8) is 0 Å². The van der Waals surface area contributed by atoms with E-state index < -0.39 is 0 Å². The Bertz CT molecular complexity index is 573. The van der Waals surface area contributed by atoms with E-state index >= 15 is 0 Å². The van der Waals surface area contributed by atoms with Gasteiger partial charge in [-0.25, -0.2) is 4.98 Å². The number of hydrogen-bond acceptors (Lipinski definition) is 3. The summed E-state index contributed by atoms with van der Waals surface area (Å²) in [6, 6.07) is 10.6. The largest absolute Gasteiger partial charge is 0.468 e. The van der Waals surface area contributed by atoms with Crippen LogP contribution in [0.3, 0.4) is 0 Å². The lowest BCUT2D eigenvalue weighted by Crippen LogP contribution is -2.20. The molecule has 1 amide bonds. The van der Waals surface area contributed by atoms with Crippen molar-refractivity contribution < 1.29 is 9.53 Å². The number of amides is 1. The van der Waals surface area contributed by atoms with Gasteiger partial charge in [0.25, 0.3) is 5.91 Å². The Morgan fingerprint density at radius 3 is 2.89 bits per heavy atom. The molecule has 19 heavy (non-hydrogen) atoms. The molecule has 0 fully saturated rings. The van der Waals surface area contributed by atoms with Gasteiger partial charge in [0, 0.05) is 23.0 Å². The number of aromatic nitrogens is 1. The summed E-state index contributed by atoms with van der Waals surface area (Å²) in [5.41, 5.74) is 1.61. The van der Waals surface area contributed by atoms with Crippen LogP contribution in [0.5, 0.6) is 5.88 Å². The minimum absolute atomic E-state index is 0.0947. The van der Waals surface area contributed by atoms with Crippen LogP contribution in [0.1, 0.15) is 5.56 Å². The van der Waals surface area contributed by atoms with Crippen LogP contribution < -0.4 is 10.1 Å². The van der Waals surface area contributed by atoms with Crippen molar-refractivity contribution in [2.75, 3.05) is 11.9 Å². The molecule has 0 aliphatic heterocycles. The van der Waals surface area contributed by atoms with E-state index in [2.05, 4.69) is 10.3 Å². The highest BCUT2D eigenvalue weighted by Crippen LogP contribution is 2.19. The molecule has 0 unspecified atom stereocenters. The molecule has 1 heterocycles. The van der Waals surface area contributed by atoms with Gasteiger partial charge in [0.15, 0.2) is 6.61 Å². The van der Waals surface area contributed by atoms with Gasteiger partial charge >= 0.3 is 0 Å². The van der Waals surface area contributed by atoms with Crippen molar-refractivity contribution in [1.82, 2.24) is 4.98 Å². The van der Waals surface area contributed by atoms with Gasteiger partial charge in [0.05, 0.1) is 0 Å². The second kappa shape index (κ2) is 6.20. The van der Waals surface area contributed by atoms with Crippen LogP contribution in [0, 0.1) is 6.92 Å². The molecule has 98 valence electrons. The standard InChI is InChI=1S/C14H13ClN2O2/c1-10-5-6-11(8-12(10)15)17-13(18)9-19-14-4-2-3-7-16-14/h2-8H,9H2,1H3,(H,17,18). The lowest BCUT2D eigenvalue weighted by Gasteiger charge is -2.07. The predicted octanol–water partition coefficient (Wildman–Crippen LogP) is 3.06. The number of hydrogen-bond donors (Lipinski definition) is 1. The molecule has 1 aromatic carbocycles. The van der Waals surface area contributed by atoms with Crippen LogP contribution in [-0.2, 0) is 4.79 Å². The van der Waals surface area contributed by atoms with E-state index in [0.717, 1.165) is 5.56 Å². The molecule has 4 nitrogen and oxygen atoms in total. The van der Waals surface area contributed by atoms with Crippen molar-refractivity contribution in [2.45, 2.75) is 6.92 Å². The van der Waals surface area contributed by atoms with Gasteiger partial charge in [-0.05, 0) is 30.7 Å². The molecule has 1 aromatic heterocycles. The third-order valence-electron chi connectivity index (χ3n) is 2.44. The van der Waals surface area contributed by atoms with E-state index in [0.29, 0.717) is 16.6 Å². The zero-order valence-electron chi connectivity index (χ0n) is 10.4. The van der Waals surface area contributed by atoms with Gasteiger partial charge in [0.1, 0.15) is 0 Å². The number of benzene rings is 1. The van der Waals surface area contributed by atoms with Crippen LogP contribution in [-0.4, -0.2) is 17.5 Å². The van der Waals surface area contributed by atoms with E-state index in [4.69, 9.17) is 16.3 Å². The summed E-state index contributed by atoms with van der Waals surface area (Å²) < 4.78 is 5.24. The normalized spacial score (nSPS) is 10.0. The molecule has 0 aliphatic carbocycles. The van der Waals surface area contributed by atoms with Crippen LogP contribution >= 0.6 is 11.6 Å². The number of nitrogens with zero attached hydrogens (tertiary/aromatic N) is 1. The number of carbonyl (C=O) groups is 1.